The summed E-state index contributed by atoms with van der Waals surface area (Å²) in [5.74, 6) is -0.425. The summed E-state index contributed by atoms with van der Waals surface area (Å²) in [6.45, 7) is 2.25. The molecule has 0 unspecified atom stereocenters. The number of aromatic hydroxyl groups is 1. The maximum absolute atomic E-state index is 11.8. The predicted molar refractivity (Wildman–Crippen MR) is 249 cm³/mol. The number of phenolic OH excluding ortho intramolecular Hbond substituents is 1. The molecule has 4 nitrogen and oxygen atoms in total. The summed E-state index contributed by atoms with van der Waals surface area (Å²) >= 11 is 0. The van der Waals surface area contributed by atoms with E-state index in [1.807, 2.05) is 117 Å². The van der Waals surface area contributed by atoms with Gasteiger partial charge in [0, 0.05) is 36.7 Å². The van der Waals surface area contributed by atoms with Crippen molar-refractivity contribution in [2.24, 2.45) is 0 Å². The molecule has 4 heteroatoms. The summed E-state index contributed by atoms with van der Waals surface area (Å²) in [5.41, 5.74) is 4.56. The first-order valence-electron chi connectivity index (χ1n) is 26.5. The molecule has 0 aliphatic carbocycles. The van der Waals surface area contributed by atoms with E-state index >= 15 is 0 Å². The quantitative estimate of drug-likeness (QED) is 0.175. The smallest absolute Gasteiger partial charge is 0.149 e. The van der Waals surface area contributed by atoms with E-state index in [9.17, 15) is 5.11 Å². The van der Waals surface area contributed by atoms with Gasteiger partial charge in [0.2, 0.25) is 0 Å². The molecule has 0 amide bonds. The van der Waals surface area contributed by atoms with Crippen molar-refractivity contribution in [2.75, 3.05) is 0 Å². The van der Waals surface area contributed by atoms with Crippen LogP contribution in [-0.2, 0) is 10.8 Å². The second kappa shape index (κ2) is 15.2. The van der Waals surface area contributed by atoms with Gasteiger partial charge in [0.1, 0.15) is 11.6 Å². The third kappa shape index (κ3) is 7.84. The lowest BCUT2D eigenvalue weighted by molar-refractivity contribution is 0.472. The number of fused-ring (bicyclic) bond motifs is 1. The van der Waals surface area contributed by atoms with E-state index in [1.165, 1.54) is 12.3 Å². The molecule has 6 aromatic carbocycles. The van der Waals surface area contributed by atoms with Crippen LogP contribution in [0.5, 0.6) is 5.75 Å². The first kappa shape index (κ1) is 26.0. The Morgan fingerprint density at radius 1 is 0.661 bits per heavy atom. The molecule has 8 rings (SSSR count). The van der Waals surface area contributed by atoms with Crippen molar-refractivity contribution >= 4 is 11.0 Å². The van der Waals surface area contributed by atoms with Gasteiger partial charge in [-0.05, 0) is 135 Å². The monoisotopic (exact) mass is 788 g/mol. The number of hydrogen-bond acceptors (Lipinski definition) is 3. The van der Waals surface area contributed by atoms with Gasteiger partial charge in [-0.2, -0.15) is 0 Å². The molecule has 8 aromatic rings. The van der Waals surface area contributed by atoms with E-state index in [-0.39, 0.29) is 16.9 Å². The summed E-state index contributed by atoms with van der Waals surface area (Å²) in [5, 5.41) is 11.8. The largest absolute Gasteiger partial charge is 0.507 e. The van der Waals surface area contributed by atoms with Crippen LogP contribution in [0.4, 0.5) is 0 Å². The number of nitrogens with zero attached hydrogens (tertiary/aromatic N) is 3. The molecule has 0 spiro atoms. The van der Waals surface area contributed by atoms with Crippen LogP contribution in [0.3, 0.4) is 0 Å². The number of rotatable bonds is 7. The fourth-order valence-electron chi connectivity index (χ4n) is 7.48. The van der Waals surface area contributed by atoms with E-state index in [0.717, 1.165) is 50.1 Å². The lowest BCUT2D eigenvalue weighted by Crippen LogP contribution is -2.11. The molecule has 2 aromatic heterocycles. The Morgan fingerprint density at radius 2 is 1.41 bits per heavy atom. The topological polar surface area (TPSA) is 50.9 Å². The number of imidazole rings is 1. The Balaban J connectivity index is 1.37. The van der Waals surface area contributed by atoms with Crippen LogP contribution in [0.25, 0.3) is 72.7 Å². The van der Waals surface area contributed by atoms with Crippen LogP contribution < -0.4 is 0 Å². The van der Waals surface area contributed by atoms with E-state index in [4.69, 9.17) is 29.2 Å². The molecule has 0 radical (unpaired) electrons. The molecule has 0 aliphatic heterocycles. The summed E-state index contributed by atoms with van der Waals surface area (Å²) in [6, 6.07) is 30.8. The van der Waals surface area contributed by atoms with Crippen LogP contribution in [0.2, 0.25) is 0 Å². The average Bonchev–Trinajstić information content (AvgIpc) is 3.69. The zero-order valence-electron chi connectivity index (χ0n) is 48.3. The van der Waals surface area contributed by atoms with Crippen LogP contribution >= 0.6 is 0 Å². The van der Waals surface area contributed by atoms with Crippen LogP contribution in [0.1, 0.15) is 108 Å². The molecule has 0 bridgehead atoms. The molecule has 59 heavy (non-hydrogen) atoms. The van der Waals surface area contributed by atoms with Crippen LogP contribution in [-0.4, -0.2) is 19.6 Å². The summed E-state index contributed by atoms with van der Waals surface area (Å²) in [6.07, 6.45) is 1.42. The third-order valence-electron chi connectivity index (χ3n) is 10.7. The molecular weight excluding hydrogens is 719 g/mol. The molecule has 296 valence electrons. The minimum atomic E-state index is -3.81. The molecule has 0 saturated heterocycles. The number of phenols is 1. The Bertz CT molecular complexity index is 3400. The fraction of sp³-hybridized carbons (Fsp3) is 0.236. The van der Waals surface area contributed by atoms with E-state index in [0.29, 0.717) is 33.7 Å². The maximum atomic E-state index is 11.8. The van der Waals surface area contributed by atoms with Gasteiger partial charge in [0.15, 0.2) is 0 Å². The molecule has 1 N–H and O–H groups in total. The van der Waals surface area contributed by atoms with Gasteiger partial charge >= 0.3 is 0 Å². The van der Waals surface area contributed by atoms with Crippen LogP contribution in [0.15, 0.2) is 140 Å². The molecule has 0 atom stereocenters. The molecular formula is C55H55N3O. The number of pyridine rings is 1. The molecule has 0 fully saturated rings. The van der Waals surface area contributed by atoms with Gasteiger partial charge in [-0.15, -0.1) is 0 Å². The number of aromatic nitrogens is 3. The maximum Gasteiger partial charge on any atom is 0.149 e. The number of benzene rings is 6. The zero-order chi connectivity index (χ0) is 53.7. The Morgan fingerprint density at radius 3 is 2.12 bits per heavy atom. The number of hydrogen-bond donors (Lipinski definition) is 1. The highest BCUT2D eigenvalue weighted by Crippen LogP contribution is 2.42. The van der Waals surface area contributed by atoms with E-state index < -0.39 is 67.0 Å². The van der Waals surface area contributed by atoms with Crippen molar-refractivity contribution in [2.45, 2.75) is 85.7 Å². The second-order valence-electron chi connectivity index (χ2n) is 16.5. The minimum absolute atomic E-state index is 0.0782. The highest BCUT2D eigenvalue weighted by molar-refractivity contribution is 5.97. The highest BCUT2D eigenvalue weighted by Gasteiger charge is 2.24. The van der Waals surface area contributed by atoms with Crippen molar-refractivity contribution in [3.63, 3.8) is 0 Å². The molecule has 0 saturated carbocycles. The molecule has 0 aliphatic rings. The van der Waals surface area contributed by atoms with Crippen molar-refractivity contribution in [1.82, 2.24) is 14.5 Å². The third-order valence-corrected chi connectivity index (χ3v) is 10.7. The Hall–Kier alpha value is -6.26. The number of aryl methyl sites for hydroxylation is 2. The van der Waals surface area contributed by atoms with Gasteiger partial charge in [-0.1, -0.05) is 140 Å². The van der Waals surface area contributed by atoms with E-state index in [2.05, 4.69) is 32.9 Å². The van der Waals surface area contributed by atoms with E-state index in [1.54, 1.807) is 6.07 Å². The van der Waals surface area contributed by atoms with Crippen molar-refractivity contribution in [3.05, 3.63) is 167 Å². The highest BCUT2D eigenvalue weighted by atomic mass is 16.3. The average molecular weight is 788 g/mol. The van der Waals surface area contributed by atoms with Crippen molar-refractivity contribution in [1.29, 1.82) is 0 Å². The van der Waals surface area contributed by atoms with Gasteiger partial charge in [0.25, 0.3) is 0 Å². The number of para-hydroxylation sites is 1. The van der Waals surface area contributed by atoms with Crippen molar-refractivity contribution < 1.29 is 24.3 Å². The van der Waals surface area contributed by atoms with Gasteiger partial charge < -0.3 is 5.11 Å². The first-order valence-corrected chi connectivity index (χ1v) is 19.5. The van der Waals surface area contributed by atoms with Gasteiger partial charge in [-0.3, -0.25) is 9.55 Å². The van der Waals surface area contributed by atoms with Crippen molar-refractivity contribution in [3.8, 4) is 67.5 Å². The first-order chi connectivity index (χ1) is 33.8. The fourth-order valence-corrected chi connectivity index (χ4v) is 7.48. The van der Waals surface area contributed by atoms with Gasteiger partial charge in [0.05, 0.1) is 27.8 Å². The summed E-state index contributed by atoms with van der Waals surface area (Å²) in [4.78, 5) is 10.1. The van der Waals surface area contributed by atoms with Gasteiger partial charge in [-0.25, -0.2) is 4.98 Å². The SMILES string of the molecule is [2H]c1c([2H])c(C(C([2H])([2H])[2H])(C([2H])([2H])[2H])C([2H])([2H])[2H])c([2H])c([2H])c1-c1ccnc(-c2cc(-c3cccc4c3nc(-c3cc(C)cc(C)c3O)n4-c3cc(-c4ccccc4)cc(C([2H])(C)C)c3)cc(C(C)(C)C)c2)c1. The standard InChI is InChI=1S/C55H55N3O/c1-34(2)40-27-41(37-15-12-11-13-16-37)32-46(31-40)58-50-18-14-17-47(51(50)57-53(58)48-26-35(3)25-36(4)52(48)59)42-28-43(30-45(29-42)55(8,9)10)49-33-39(23-24-56-49)38-19-21-44(22-20-38)54(5,6)7/h11-34,59H,1-10H3/i5D3,6D3,7D3,19D,20D,21D,22D,34D. The normalized spacial score (nSPS) is 16.4. The lowest BCUT2D eigenvalue weighted by atomic mass is 9.83. The van der Waals surface area contributed by atoms with Crippen LogP contribution in [0, 0.1) is 13.8 Å². The second-order valence-corrected chi connectivity index (χ2v) is 16.5. The zero-order valence-corrected chi connectivity index (χ0v) is 34.3. The minimum Gasteiger partial charge on any atom is -0.507 e. The lowest BCUT2D eigenvalue weighted by Gasteiger charge is -2.22. The molecule has 2 heterocycles. The predicted octanol–water partition coefficient (Wildman–Crippen LogP) is 14.8. The summed E-state index contributed by atoms with van der Waals surface area (Å²) in [7, 11) is 0. The Kier molecular flexibility index (Phi) is 6.67. The summed E-state index contributed by atoms with van der Waals surface area (Å²) < 4.78 is 121. The Labute approximate surface area is 370 Å².